The first kappa shape index (κ1) is 20.8. The average molecular weight is 471 g/mol. The molecular weight excluding hydrogens is 448 g/mol. The average Bonchev–Trinajstić information content (AvgIpc) is 3.25. The Labute approximate surface area is 200 Å². The Balaban J connectivity index is 1.40. The second-order valence-electron chi connectivity index (χ2n) is 8.40. The standard InChI is InChI=1S/C25H22N6O2S/c32-23(29-17-7-4-9-26-13-17)22-21-20-19(8-10-28-24(20)34-22)31(25(33)30-21)18-11-16(12-27-14-18)15-5-2-1-3-6-15/h1-3,5-6,8,10-12,14,17,26H,4,7,9,13H2,(H,29,32)(H,30,33). The van der Waals surface area contributed by atoms with Crippen LogP contribution in [0.15, 0.2) is 61.1 Å². The Morgan fingerprint density at radius 3 is 2.85 bits per heavy atom. The summed E-state index contributed by atoms with van der Waals surface area (Å²) in [5.41, 5.74) is 3.78. The predicted octanol–water partition coefficient (Wildman–Crippen LogP) is 4.52. The van der Waals surface area contributed by atoms with Crippen molar-refractivity contribution < 1.29 is 9.59 Å². The van der Waals surface area contributed by atoms with Crippen LogP contribution in [0.3, 0.4) is 0 Å². The van der Waals surface area contributed by atoms with Gasteiger partial charge in [0, 0.05) is 30.5 Å². The van der Waals surface area contributed by atoms with E-state index in [9.17, 15) is 9.59 Å². The Hall–Kier alpha value is -3.82. The van der Waals surface area contributed by atoms with Crippen molar-refractivity contribution in [3.63, 3.8) is 0 Å². The number of carbonyl (C=O) groups is 2. The molecule has 2 aliphatic rings. The number of benzene rings is 1. The highest BCUT2D eigenvalue weighted by Crippen LogP contribution is 2.45. The zero-order valence-corrected chi connectivity index (χ0v) is 19.1. The van der Waals surface area contributed by atoms with Gasteiger partial charge in [0.1, 0.15) is 9.71 Å². The lowest BCUT2D eigenvalue weighted by molar-refractivity contribution is 0.0935. The van der Waals surface area contributed by atoms with Gasteiger partial charge in [-0.3, -0.25) is 14.7 Å². The molecule has 1 saturated heterocycles. The number of hydrogen-bond donors (Lipinski definition) is 3. The van der Waals surface area contributed by atoms with E-state index in [0.29, 0.717) is 26.8 Å². The number of amides is 3. The Morgan fingerprint density at radius 1 is 1.15 bits per heavy atom. The van der Waals surface area contributed by atoms with E-state index in [4.69, 9.17) is 0 Å². The number of nitrogens with one attached hydrogen (secondary N) is 3. The van der Waals surface area contributed by atoms with Crippen LogP contribution in [0.5, 0.6) is 0 Å². The summed E-state index contributed by atoms with van der Waals surface area (Å²) in [6.07, 6.45) is 7.08. The first-order valence-corrected chi connectivity index (χ1v) is 12.1. The van der Waals surface area contributed by atoms with Gasteiger partial charge in [0.2, 0.25) is 0 Å². The van der Waals surface area contributed by atoms with Gasteiger partial charge in [-0.2, -0.15) is 0 Å². The molecule has 8 nitrogen and oxygen atoms in total. The molecule has 9 heteroatoms. The van der Waals surface area contributed by atoms with E-state index >= 15 is 0 Å². The van der Waals surface area contributed by atoms with Crippen LogP contribution in [0.2, 0.25) is 0 Å². The monoisotopic (exact) mass is 470 g/mol. The molecule has 6 rings (SSSR count). The van der Waals surface area contributed by atoms with Crippen molar-refractivity contribution in [2.75, 3.05) is 23.3 Å². The van der Waals surface area contributed by atoms with Crippen LogP contribution in [-0.4, -0.2) is 41.0 Å². The fourth-order valence-electron chi connectivity index (χ4n) is 4.57. The van der Waals surface area contributed by atoms with Gasteiger partial charge in [0.25, 0.3) is 5.91 Å². The molecule has 1 fully saturated rings. The summed E-state index contributed by atoms with van der Waals surface area (Å²) >= 11 is 1.30. The summed E-state index contributed by atoms with van der Waals surface area (Å²) in [4.78, 5) is 38.1. The van der Waals surface area contributed by atoms with E-state index in [1.807, 2.05) is 36.4 Å². The van der Waals surface area contributed by atoms with Gasteiger partial charge < -0.3 is 16.0 Å². The van der Waals surface area contributed by atoms with Gasteiger partial charge in [-0.15, -0.1) is 11.3 Å². The molecule has 3 amide bonds. The molecule has 0 bridgehead atoms. The maximum Gasteiger partial charge on any atom is 0.331 e. The first-order chi connectivity index (χ1) is 16.7. The number of pyridine rings is 2. The Morgan fingerprint density at radius 2 is 2.03 bits per heavy atom. The van der Waals surface area contributed by atoms with E-state index in [1.165, 1.54) is 11.3 Å². The molecule has 0 spiro atoms. The summed E-state index contributed by atoms with van der Waals surface area (Å²) in [7, 11) is 0. The number of carbonyl (C=O) groups excluding carboxylic acids is 2. The summed E-state index contributed by atoms with van der Waals surface area (Å²) in [5, 5.41) is 10.1. The number of aromatic nitrogens is 2. The third-order valence-corrected chi connectivity index (χ3v) is 7.27. The molecule has 4 aromatic rings. The van der Waals surface area contributed by atoms with Gasteiger partial charge in [-0.1, -0.05) is 30.3 Å². The Bertz CT molecular complexity index is 1400. The molecule has 5 heterocycles. The van der Waals surface area contributed by atoms with Crippen LogP contribution in [-0.2, 0) is 0 Å². The van der Waals surface area contributed by atoms with Crippen LogP contribution in [0, 0.1) is 0 Å². The molecule has 3 N–H and O–H groups in total. The van der Waals surface area contributed by atoms with E-state index in [-0.39, 0.29) is 18.0 Å². The van der Waals surface area contributed by atoms with E-state index in [0.717, 1.165) is 42.4 Å². The van der Waals surface area contributed by atoms with Crippen LogP contribution in [0.4, 0.5) is 21.9 Å². The molecule has 34 heavy (non-hydrogen) atoms. The lowest BCUT2D eigenvalue weighted by Crippen LogP contribution is -2.45. The van der Waals surface area contributed by atoms with Crippen LogP contribution < -0.4 is 20.9 Å². The van der Waals surface area contributed by atoms with Crippen molar-refractivity contribution in [3.05, 3.63) is 65.9 Å². The quantitative estimate of drug-likeness (QED) is 0.407. The molecule has 1 unspecified atom stereocenters. The summed E-state index contributed by atoms with van der Waals surface area (Å²) in [6.45, 7) is 1.72. The molecule has 1 atom stereocenters. The van der Waals surface area contributed by atoms with Crippen molar-refractivity contribution in [2.24, 2.45) is 0 Å². The minimum atomic E-state index is -0.334. The zero-order valence-electron chi connectivity index (χ0n) is 18.2. The predicted molar refractivity (Wildman–Crippen MR) is 134 cm³/mol. The molecule has 0 radical (unpaired) electrons. The third-order valence-electron chi connectivity index (χ3n) is 6.17. The zero-order chi connectivity index (χ0) is 23.1. The number of hydrogen-bond acceptors (Lipinski definition) is 6. The van der Waals surface area contributed by atoms with Gasteiger partial charge in [0.05, 0.1) is 28.6 Å². The molecule has 1 aromatic carbocycles. The van der Waals surface area contributed by atoms with Gasteiger partial charge in [-0.25, -0.2) is 9.78 Å². The molecule has 2 aliphatic heterocycles. The largest absolute Gasteiger partial charge is 0.347 e. The maximum atomic E-state index is 13.3. The van der Waals surface area contributed by atoms with Gasteiger partial charge >= 0.3 is 6.03 Å². The fraction of sp³-hybridized carbons (Fsp3) is 0.200. The number of piperidine rings is 1. The lowest BCUT2D eigenvalue weighted by Gasteiger charge is -2.28. The Kier molecular flexibility index (Phi) is 5.20. The van der Waals surface area contributed by atoms with Crippen molar-refractivity contribution in [1.29, 1.82) is 0 Å². The molecule has 0 aliphatic carbocycles. The van der Waals surface area contributed by atoms with E-state index in [2.05, 4.69) is 25.9 Å². The number of anilines is 3. The lowest BCUT2D eigenvalue weighted by atomic mass is 10.1. The number of nitrogens with zero attached hydrogens (tertiary/aromatic N) is 3. The topological polar surface area (TPSA) is 99.2 Å². The summed E-state index contributed by atoms with van der Waals surface area (Å²) in [6, 6.07) is 13.4. The second-order valence-corrected chi connectivity index (χ2v) is 9.40. The third kappa shape index (κ3) is 3.59. The van der Waals surface area contributed by atoms with Crippen LogP contribution in [0.1, 0.15) is 22.5 Å². The first-order valence-electron chi connectivity index (χ1n) is 11.2. The SMILES string of the molecule is O=C(NC1CCCNC1)c1sc2nccc3c2c1NC(=O)N3c1cncc(-c2ccccc2)c1. The van der Waals surface area contributed by atoms with Crippen LogP contribution >= 0.6 is 11.3 Å². The van der Waals surface area contributed by atoms with E-state index < -0.39 is 0 Å². The summed E-state index contributed by atoms with van der Waals surface area (Å²) < 4.78 is 0. The molecule has 170 valence electrons. The van der Waals surface area contributed by atoms with Crippen LogP contribution in [0.25, 0.3) is 21.3 Å². The van der Waals surface area contributed by atoms with Crippen molar-refractivity contribution in [2.45, 2.75) is 18.9 Å². The number of rotatable bonds is 4. The van der Waals surface area contributed by atoms with Crippen molar-refractivity contribution >= 4 is 50.6 Å². The minimum absolute atomic E-state index is 0.0775. The second kappa shape index (κ2) is 8.51. The van der Waals surface area contributed by atoms with Crippen molar-refractivity contribution in [1.82, 2.24) is 20.6 Å². The molecule has 0 saturated carbocycles. The number of thiophene rings is 1. The minimum Gasteiger partial charge on any atom is -0.347 e. The molecule has 3 aromatic heterocycles. The summed E-state index contributed by atoms with van der Waals surface area (Å²) in [5.74, 6) is -0.181. The van der Waals surface area contributed by atoms with Gasteiger partial charge in [-0.05, 0) is 37.1 Å². The normalized spacial score (nSPS) is 17.5. The number of urea groups is 1. The molecular formula is C25H22N6O2S. The highest BCUT2D eigenvalue weighted by molar-refractivity contribution is 7.21. The smallest absolute Gasteiger partial charge is 0.331 e. The highest BCUT2D eigenvalue weighted by Gasteiger charge is 2.33. The fourth-order valence-corrected chi connectivity index (χ4v) is 5.59. The van der Waals surface area contributed by atoms with Gasteiger partial charge in [0.15, 0.2) is 0 Å². The maximum absolute atomic E-state index is 13.3. The highest BCUT2D eigenvalue weighted by atomic mass is 32.1. The van der Waals surface area contributed by atoms with E-state index in [1.54, 1.807) is 29.6 Å². The van der Waals surface area contributed by atoms with Crippen molar-refractivity contribution in [3.8, 4) is 11.1 Å².